The first-order valence-corrected chi connectivity index (χ1v) is 4.56. The summed E-state index contributed by atoms with van der Waals surface area (Å²) in [4.78, 5) is 20.9. The predicted molar refractivity (Wildman–Crippen MR) is 55.9 cm³/mol. The maximum absolute atomic E-state index is 11.3. The number of rotatable bonds is 0. The van der Waals surface area contributed by atoms with Crippen molar-refractivity contribution >= 4 is 17.8 Å². The van der Waals surface area contributed by atoms with E-state index < -0.39 is 16.6 Å². The van der Waals surface area contributed by atoms with Crippen LogP contribution in [0.15, 0.2) is 10.2 Å². The van der Waals surface area contributed by atoms with Gasteiger partial charge in [0.1, 0.15) is 12.0 Å². The second kappa shape index (κ2) is 4.25. The lowest BCUT2D eigenvalue weighted by Gasteiger charge is -2.19. The van der Waals surface area contributed by atoms with Crippen molar-refractivity contribution < 1.29 is 14.5 Å². The van der Waals surface area contributed by atoms with E-state index in [9.17, 15) is 14.9 Å². The molecule has 0 atom stereocenters. The van der Waals surface area contributed by atoms with Crippen molar-refractivity contribution in [1.82, 2.24) is 5.32 Å². The summed E-state index contributed by atoms with van der Waals surface area (Å²) in [5.41, 5.74) is -0.629. The third-order valence-electron chi connectivity index (χ3n) is 1.47. The molecular formula is C8H12N4O4. The van der Waals surface area contributed by atoms with E-state index in [0.29, 0.717) is 0 Å². The molecule has 0 radical (unpaired) electrons. The van der Waals surface area contributed by atoms with Gasteiger partial charge >= 0.3 is 11.9 Å². The van der Waals surface area contributed by atoms with Gasteiger partial charge in [-0.05, 0) is 30.8 Å². The van der Waals surface area contributed by atoms with Crippen molar-refractivity contribution in [2.45, 2.75) is 32.8 Å². The van der Waals surface area contributed by atoms with E-state index in [1.54, 1.807) is 20.8 Å². The summed E-state index contributed by atoms with van der Waals surface area (Å²) in [5, 5.41) is 19.4. The van der Waals surface area contributed by atoms with E-state index in [4.69, 9.17) is 4.74 Å². The number of ether oxygens (including phenoxy) is 1. The zero-order valence-corrected chi connectivity index (χ0v) is 9.18. The highest BCUT2D eigenvalue weighted by Gasteiger charge is 2.26. The molecular weight excluding hydrogens is 216 g/mol. The molecule has 16 heavy (non-hydrogen) atoms. The van der Waals surface area contributed by atoms with Gasteiger partial charge in [0, 0.05) is 0 Å². The van der Waals surface area contributed by atoms with Gasteiger partial charge in [-0.3, -0.25) is 5.32 Å². The number of hydrogen-bond donors (Lipinski definition) is 1. The molecule has 0 fully saturated rings. The van der Waals surface area contributed by atoms with Crippen molar-refractivity contribution in [2.24, 2.45) is 10.2 Å². The van der Waals surface area contributed by atoms with Crippen LogP contribution in [-0.2, 0) is 4.74 Å². The van der Waals surface area contributed by atoms with Gasteiger partial charge in [0.25, 0.3) is 0 Å². The highest BCUT2D eigenvalue weighted by Crippen LogP contribution is 2.07. The smallest absolute Gasteiger partial charge is 0.413 e. The summed E-state index contributed by atoms with van der Waals surface area (Å²) in [6.07, 6.45) is -0.808. The third kappa shape index (κ3) is 3.64. The third-order valence-corrected chi connectivity index (χ3v) is 1.47. The molecule has 1 heterocycles. The zero-order valence-electron chi connectivity index (χ0n) is 9.18. The highest BCUT2D eigenvalue weighted by molar-refractivity contribution is 6.07. The van der Waals surface area contributed by atoms with Crippen molar-refractivity contribution in [3.63, 3.8) is 0 Å². The van der Waals surface area contributed by atoms with Crippen LogP contribution in [0.2, 0.25) is 0 Å². The van der Waals surface area contributed by atoms with Crippen LogP contribution >= 0.6 is 0 Å². The fraction of sp³-hybridized carbons (Fsp3) is 0.625. The zero-order chi connectivity index (χ0) is 12.3. The van der Waals surface area contributed by atoms with Gasteiger partial charge in [0.2, 0.25) is 0 Å². The minimum atomic E-state index is -0.703. The molecule has 1 aliphatic rings. The molecule has 0 aromatic carbocycles. The Balaban J connectivity index is 2.43. The van der Waals surface area contributed by atoms with Crippen LogP contribution in [0.3, 0.4) is 0 Å². The summed E-state index contributed by atoms with van der Waals surface area (Å²) in [6, 6.07) is 0. The fourth-order valence-electron chi connectivity index (χ4n) is 0.930. The van der Waals surface area contributed by atoms with Crippen molar-refractivity contribution in [1.29, 1.82) is 0 Å². The molecule has 0 aliphatic carbocycles. The van der Waals surface area contributed by atoms with E-state index in [-0.39, 0.29) is 18.1 Å². The molecule has 8 heteroatoms. The Morgan fingerprint density at radius 2 is 2.12 bits per heavy atom. The molecule has 0 spiro atoms. The van der Waals surface area contributed by atoms with Gasteiger partial charge in [-0.1, -0.05) is 0 Å². The molecule has 0 bridgehead atoms. The SMILES string of the molecule is CC(C)(C)OC(=O)NC1=NN=C([N+](=O)[O-])C1. The Hall–Kier alpha value is -1.99. The average molecular weight is 228 g/mol. The normalized spacial score (nSPS) is 15.2. The fourth-order valence-corrected chi connectivity index (χ4v) is 0.930. The molecule has 1 rings (SSSR count). The van der Waals surface area contributed by atoms with Crippen LogP contribution in [0.5, 0.6) is 0 Å². The largest absolute Gasteiger partial charge is 0.444 e. The first kappa shape index (κ1) is 12.1. The molecule has 0 saturated heterocycles. The molecule has 0 unspecified atom stereocenters. The number of alkyl carbamates (subject to hydrolysis) is 1. The van der Waals surface area contributed by atoms with E-state index in [1.807, 2.05) is 0 Å². The second-order valence-electron chi connectivity index (χ2n) is 4.12. The van der Waals surface area contributed by atoms with Crippen LogP contribution in [0, 0.1) is 10.1 Å². The molecule has 1 amide bonds. The van der Waals surface area contributed by atoms with Crippen LogP contribution in [-0.4, -0.2) is 28.3 Å². The lowest BCUT2D eigenvalue weighted by Crippen LogP contribution is -2.36. The standard InChI is InChI=1S/C8H12N4O4/c1-8(2,3)16-7(13)9-5-4-6(11-10-5)12(14)15/h4H2,1-3H3,(H,9,10,13). The van der Waals surface area contributed by atoms with Crippen LogP contribution < -0.4 is 5.32 Å². The van der Waals surface area contributed by atoms with Gasteiger partial charge in [0.15, 0.2) is 5.84 Å². The van der Waals surface area contributed by atoms with Crippen LogP contribution in [0.25, 0.3) is 0 Å². The average Bonchev–Trinajstić information content (AvgIpc) is 2.48. The topological polar surface area (TPSA) is 106 Å². The number of nitro groups is 1. The molecule has 8 nitrogen and oxygen atoms in total. The molecule has 88 valence electrons. The Morgan fingerprint density at radius 1 is 1.50 bits per heavy atom. The number of carbonyl (C=O) groups is 1. The molecule has 1 N–H and O–H groups in total. The Kier molecular flexibility index (Phi) is 3.21. The van der Waals surface area contributed by atoms with E-state index in [1.165, 1.54) is 0 Å². The summed E-state index contributed by atoms with van der Waals surface area (Å²) < 4.78 is 4.94. The summed E-state index contributed by atoms with van der Waals surface area (Å²) in [6.45, 7) is 5.13. The number of carbonyl (C=O) groups excluding carboxylic acids is 1. The summed E-state index contributed by atoms with van der Waals surface area (Å²) in [5.74, 6) is -0.188. The van der Waals surface area contributed by atoms with Gasteiger partial charge in [-0.2, -0.15) is 0 Å². The van der Waals surface area contributed by atoms with Crippen LogP contribution in [0.4, 0.5) is 4.79 Å². The Labute approximate surface area is 91.5 Å². The molecule has 1 aliphatic heterocycles. The number of amidine groups is 2. The monoisotopic (exact) mass is 228 g/mol. The number of nitrogens with zero attached hydrogens (tertiary/aromatic N) is 3. The molecule has 0 saturated carbocycles. The lowest BCUT2D eigenvalue weighted by atomic mass is 10.2. The van der Waals surface area contributed by atoms with Crippen molar-refractivity contribution in [3.05, 3.63) is 10.1 Å². The first-order chi connectivity index (χ1) is 7.28. The van der Waals surface area contributed by atoms with Gasteiger partial charge in [-0.15, -0.1) is 0 Å². The van der Waals surface area contributed by atoms with Gasteiger partial charge < -0.3 is 14.9 Å². The van der Waals surface area contributed by atoms with E-state index >= 15 is 0 Å². The Bertz CT molecular complexity index is 380. The predicted octanol–water partition coefficient (Wildman–Crippen LogP) is 0.903. The molecule has 0 aromatic rings. The number of nitrogens with one attached hydrogen (secondary N) is 1. The van der Waals surface area contributed by atoms with E-state index in [0.717, 1.165) is 0 Å². The van der Waals surface area contributed by atoms with Crippen molar-refractivity contribution in [2.75, 3.05) is 0 Å². The van der Waals surface area contributed by atoms with Crippen molar-refractivity contribution in [3.8, 4) is 0 Å². The minimum Gasteiger partial charge on any atom is -0.444 e. The van der Waals surface area contributed by atoms with Crippen LogP contribution in [0.1, 0.15) is 27.2 Å². The van der Waals surface area contributed by atoms with E-state index in [2.05, 4.69) is 15.5 Å². The minimum absolute atomic E-state index is 0.105. The molecule has 0 aromatic heterocycles. The summed E-state index contributed by atoms with van der Waals surface area (Å²) in [7, 11) is 0. The number of amides is 1. The highest BCUT2D eigenvalue weighted by atomic mass is 16.6. The second-order valence-corrected chi connectivity index (χ2v) is 4.12. The number of hydrogen-bond acceptors (Lipinski definition) is 6. The maximum atomic E-state index is 11.3. The Morgan fingerprint density at radius 3 is 2.56 bits per heavy atom. The maximum Gasteiger partial charge on any atom is 0.413 e. The summed E-state index contributed by atoms with van der Waals surface area (Å²) >= 11 is 0. The van der Waals surface area contributed by atoms with Gasteiger partial charge in [0.05, 0.1) is 5.10 Å². The first-order valence-electron chi connectivity index (χ1n) is 4.56. The lowest BCUT2D eigenvalue weighted by molar-refractivity contribution is -0.352. The van der Waals surface area contributed by atoms with Gasteiger partial charge in [-0.25, -0.2) is 4.79 Å². The quantitative estimate of drug-likeness (QED) is 0.491.